The molecule has 142 heavy (non-hydrogen) atoms. The van der Waals surface area contributed by atoms with Gasteiger partial charge in [-0.25, -0.2) is 9.97 Å². The van der Waals surface area contributed by atoms with Crippen LogP contribution in [0, 0.1) is 81.2 Å². The number of amides is 5. The first-order valence-corrected chi connectivity index (χ1v) is 50.3. The quantitative estimate of drug-likeness (QED) is 0.0103. The molecule has 27 nitrogen and oxygen atoms in total. The molecule has 0 bridgehead atoms. The minimum atomic E-state index is -0.434. The molecule has 9 aromatic carbocycles. The van der Waals surface area contributed by atoms with E-state index in [4.69, 9.17) is 57.4 Å². The average molecular weight is 2020 g/mol. The van der Waals surface area contributed by atoms with Crippen LogP contribution in [0.2, 0.25) is 10.0 Å². The van der Waals surface area contributed by atoms with Crippen molar-refractivity contribution in [1.82, 2.24) is 29.7 Å². The van der Waals surface area contributed by atoms with Gasteiger partial charge >= 0.3 is 0 Å². The minimum absolute atomic E-state index is 0.0350. The second kappa shape index (κ2) is 60.6. The van der Waals surface area contributed by atoms with Crippen LogP contribution in [0.5, 0.6) is 29.0 Å². The summed E-state index contributed by atoms with van der Waals surface area (Å²) in [6.45, 7) is 27.7. The lowest BCUT2D eigenvalue weighted by atomic mass is 9.97. The van der Waals surface area contributed by atoms with E-state index in [0.29, 0.717) is 118 Å². The molecule has 0 aliphatic rings. The number of nitriles is 2. The van der Waals surface area contributed by atoms with Crippen molar-refractivity contribution in [3.05, 3.63) is 326 Å². The van der Waals surface area contributed by atoms with Crippen LogP contribution in [0.15, 0.2) is 216 Å². The maximum absolute atomic E-state index is 12.9. The molecule has 0 aliphatic carbocycles. The van der Waals surface area contributed by atoms with E-state index in [9.17, 15) is 38.9 Å². The number of aryl methyl sites for hydroxylation is 9. The van der Waals surface area contributed by atoms with Crippen molar-refractivity contribution in [3.63, 3.8) is 0 Å². The number of likely N-dealkylation sites (N-methyl/N-ethyl adjacent to an activating group) is 2. The summed E-state index contributed by atoms with van der Waals surface area (Å²) in [5.41, 5.74) is 16.0. The molecule has 0 atom stereocenters. The molecule has 5 N–H and O–H groups in total. The number of halogens is 2. The van der Waals surface area contributed by atoms with Crippen LogP contribution < -0.4 is 50.3 Å². The number of para-hydroxylation sites is 1. The summed E-state index contributed by atoms with van der Waals surface area (Å²) in [5.74, 6) is 2.17. The lowest BCUT2D eigenvalue weighted by Gasteiger charge is -2.17. The molecule has 0 radical (unpaired) electrons. The molecule has 0 saturated heterocycles. The van der Waals surface area contributed by atoms with Crippen molar-refractivity contribution in [1.29, 1.82) is 10.5 Å². The van der Waals surface area contributed by atoms with Gasteiger partial charge in [0.1, 0.15) is 42.4 Å². The predicted molar refractivity (Wildman–Crippen MR) is 576 cm³/mol. The number of unbranched alkanes of at least 4 members (excludes halogenated alkanes) is 2. The van der Waals surface area contributed by atoms with Gasteiger partial charge in [0, 0.05) is 115 Å². The summed E-state index contributed by atoms with van der Waals surface area (Å²) in [7, 11) is 11.9. The third kappa shape index (κ3) is 36.8. The van der Waals surface area contributed by atoms with E-state index < -0.39 is 10.8 Å². The lowest BCUT2D eigenvalue weighted by Crippen LogP contribution is -2.22. The number of ether oxygens (including phenoxy) is 5. The first-order valence-electron chi connectivity index (χ1n) is 46.5. The molecular formula is C110H128Cl2N14O13S3. The number of benzene rings is 9. The highest BCUT2D eigenvalue weighted by Gasteiger charge is 2.26. The smallest absolute Gasteiger partial charge is 0.272 e. The molecule has 0 fully saturated rings. The summed E-state index contributed by atoms with van der Waals surface area (Å²) < 4.78 is 28.4. The minimum Gasteiger partial charge on any atom is -0.494 e. The molecule has 748 valence electrons. The van der Waals surface area contributed by atoms with Crippen LogP contribution in [0.25, 0.3) is 0 Å². The van der Waals surface area contributed by atoms with Crippen LogP contribution in [0.1, 0.15) is 189 Å². The monoisotopic (exact) mass is 2020 g/mol. The van der Waals surface area contributed by atoms with Gasteiger partial charge in [-0.3, -0.25) is 43.9 Å². The number of hydrogen-bond acceptors (Lipinski definition) is 24. The SMILES string of the molecule is CCCCc1cccc(C)c1C(=O)Nc1ccc(C#N)c(C)c1.CCCCc1nccc(SC)c1C(=O)Nc1ccc([N+](=O)[O-])c(C)c1.CCOc1cccc(OCCN(C)C)c1C(=O)Nc1ccccc1.CCOc1cccc(SCCN(C)C)c1CC(=O)c1ccc(Cl)c(C)c1.CCOc1ncnc(OCCN(C)C)c1C(=O)Nc1ccc(Cl)c(C)c1.Cc1cc(NC(=O)c2sccc2C)ccc1C#N. The molecular weight excluding hydrogens is 1890 g/mol. The topological polar surface area (TPSA) is 348 Å². The van der Waals surface area contributed by atoms with Gasteiger partial charge in [-0.2, -0.15) is 10.5 Å². The van der Waals surface area contributed by atoms with Crippen LogP contribution in [-0.2, 0) is 19.3 Å². The summed E-state index contributed by atoms with van der Waals surface area (Å²) in [5, 5.41) is 46.3. The molecule has 3 heterocycles. The Morgan fingerprint density at radius 2 is 0.951 bits per heavy atom. The Labute approximate surface area is 857 Å². The zero-order valence-corrected chi connectivity index (χ0v) is 88.2. The highest BCUT2D eigenvalue weighted by molar-refractivity contribution is 7.99. The molecule has 12 aromatic rings. The van der Waals surface area contributed by atoms with Gasteiger partial charge in [-0.05, 0) is 321 Å². The number of hydrogen-bond donors (Lipinski definition) is 5. The average Bonchev–Trinajstić information content (AvgIpc) is 1.59. The predicted octanol–water partition coefficient (Wildman–Crippen LogP) is 24.3. The highest BCUT2D eigenvalue weighted by Crippen LogP contribution is 2.36. The third-order valence-corrected chi connectivity index (χ3v) is 25.1. The van der Waals surface area contributed by atoms with E-state index in [-0.39, 0.29) is 52.4 Å². The van der Waals surface area contributed by atoms with Crippen LogP contribution >= 0.6 is 58.1 Å². The van der Waals surface area contributed by atoms with E-state index in [2.05, 4.69) is 92.6 Å². The Bertz CT molecular complexity index is 6330. The first kappa shape index (κ1) is 115. The van der Waals surface area contributed by atoms with Crippen molar-refractivity contribution in [3.8, 4) is 41.1 Å². The van der Waals surface area contributed by atoms with Gasteiger partial charge < -0.3 is 65.0 Å². The standard InChI is InChI=1S/C21H26ClNO2S.C20H22N2O.C19H24N2O3.C18H23ClN4O3.C18H21N3O3S.C14H12N2OS/c1-5-25-20-7-6-8-21(26-12-11-23(3)4)17(20)14-19(24)16-9-10-18(22)15(2)13-16;1-4-5-8-16-9-6-7-14(2)19(16)20(23)22-18-11-10-17(13-21)15(3)12-18;1-4-23-16-11-8-12-17(24-14-13-21(2)3)18(16)19(22)20-15-9-6-5-7-10-15;1-5-25-17-15(18(21-11-20-17)26-9-8-23(3)4)16(24)22-13-6-7-14(19)12(2)10-13;1-4-5-6-14-17(16(25-3)9-10-19-14)18(22)20-13-7-8-15(21(23)24)12(2)11-13;1-9-5-6-18-13(9)14(17)16-12-4-3-11(8-15)10(2)7-12/h6-10,13H,5,11-12,14H2,1-4H3;6-7,9-12H,4-5,8H2,1-3H3,(H,22,23);5-12H,4,13-14H2,1-3H3,(H,20,22);6-7,10-11H,5,8-9H2,1-4H3,(H,22,24);7-11H,4-6H2,1-3H3,(H,20,22);3-7H,1-2H3,(H,16,17). The molecule has 3 aromatic heterocycles. The van der Waals surface area contributed by atoms with Gasteiger partial charge in [0.2, 0.25) is 11.8 Å². The Morgan fingerprint density at radius 1 is 0.458 bits per heavy atom. The number of ketones is 1. The van der Waals surface area contributed by atoms with Gasteiger partial charge in [0.15, 0.2) is 11.3 Å². The fraction of sp³-hybridized carbons (Fsp3) is 0.318. The van der Waals surface area contributed by atoms with Crippen molar-refractivity contribution >= 4 is 128 Å². The van der Waals surface area contributed by atoms with E-state index >= 15 is 0 Å². The molecule has 0 saturated carbocycles. The zero-order valence-electron chi connectivity index (χ0n) is 84.3. The Balaban J connectivity index is 0.000000232. The molecule has 5 amide bonds. The number of carbonyl (C=O) groups excluding carboxylic acids is 6. The van der Waals surface area contributed by atoms with Crippen molar-refractivity contribution < 1.29 is 57.4 Å². The zero-order chi connectivity index (χ0) is 104. The summed E-state index contributed by atoms with van der Waals surface area (Å²) in [6, 6.07) is 60.5. The first-order chi connectivity index (χ1) is 68.1. The van der Waals surface area contributed by atoms with E-state index in [1.807, 2.05) is 203 Å². The van der Waals surface area contributed by atoms with Crippen LogP contribution in [0.3, 0.4) is 0 Å². The number of Topliss-reactive ketones (excluding diaryl/α,β-unsaturated/α-hetero) is 1. The highest BCUT2D eigenvalue weighted by atomic mass is 35.5. The molecule has 32 heteroatoms. The number of nitrogens with zero attached hydrogens (tertiary/aromatic N) is 9. The molecule has 0 unspecified atom stereocenters. The number of carbonyl (C=O) groups is 6. The Kier molecular flexibility index (Phi) is 49.2. The van der Waals surface area contributed by atoms with E-state index in [0.717, 1.165) is 145 Å². The van der Waals surface area contributed by atoms with Crippen LogP contribution in [-0.4, -0.2) is 177 Å². The number of thiophene rings is 1. The fourth-order valence-corrected chi connectivity index (χ4v) is 16.7. The Morgan fingerprint density at radius 3 is 1.49 bits per heavy atom. The number of pyridine rings is 1. The van der Waals surface area contributed by atoms with Gasteiger partial charge in [0.05, 0.1) is 64.1 Å². The maximum Gasteiger partial charge on any atom is 0.272 e. The number of anilines is 5. The largest absolute Gasteiger partial charge is 0.494 e. The van der Waals surface area contributed by atoms with Crippen molar-refractivity contribution in [2.45, 2.75) is 138 Å². The number of aromatic nitrogens is 3. The Hall–Kier alpha value is -13.5. The van der Waals surface area contributed by atoms with E-state index in [1.54, 1.807) is 110 Å². The van der Waals surface area contributed by atoms with Gasteiger partial charge in [-0.15, -0.1) is 34.9 Å². The molecule has 12 rings (SSSR count). The number of nitro groups is 1. The van der Waals surface area contributed by atoms with Gasteiger partial charge in [-0.1, -0.05) is 98.4 Å². The van der Waals surface area contributed by atoms with Gasteiger partial charge in [0.25, 0.3) is 35.2 Å². The van der Waals surface area contributed by atoms with E-state index in [1.165, 1.54) is 35.5 Å². The number of rotatable bonds is 39. The third-order valence-electron chi connectivity index (χ3n) is 21.3. The number of nitrogens with one attached hydrogen (secondary N) is 5. The molecule has 0 spiro atoms. The van der Waals surface area contributed by atoms with Crippen molar-refractivity contribution in [2.24, 2.45) is 0 Å². The number of nitro benzene ring substituents is 1. The summed E-state index contributed by atoms with van der Waals surface area (Å²) in [4.78, 5) is 108. The van der Waals surface area contributed by atoms with Crippen molar-refractivity contribution in [2.75, 3.05) is 134 Å². The second-order valence-electron chi connectivity index (χ2n) is 33.3. The number of thioether (sulfide) groups is 2. The lowest BCUT2D eigenvalue weighted by molar-refractivity contribution is -0.385. The normalized spacial score (nSPS) is 10.5. The maximum atomic E-state index is 12.9. The second-order valence-corrected chi connectivity index (χ2v) is 37.0. The molecule has 0 aliphatic heterocycles. The fourth-order valence-electron chi connectivity index (χ4n) is 13.8. The van der Waals surface area contributed by atoms with Crippen LogP contribution in [0.4, 0.5) is 34.1 Å². The summed E-state index contributed by atoms with van der Waals surface area (Å²) >= 11 is 16.8. The summed E-state index contributed by atoms with van der Waals surface area (Å²) in [6.07, 6.45) is 11.1.